The molecule has 0 saturated carbocycles. The zero-order valence-corrected chi connectivity index (χ0v) is 10.2. The van der Waals surface area contributed by atoms with Crippen LogP contribution in [-0.4, -0.2) is 16.1 Å². The van der Waals surface area contributed by atoms with Gasteiger partial charge in [-0.2, -0.15) is 0 Å². The number of carbonyl (C=O) groups is 2. The molecular weight excluding hydrogens is 234 g/mol. The molecule has 0 aliphatic rings. The van der Waals surface area contributed by atoms with E-state index in [1.54, 1.807) is 13.1 Å². The molecule has 0 spiro atoms. The van der Waals surface area contributed by atoms with Crippen LogP contribution in [0.5, 0.6) is 0 Å². The number of rotatable bonds is 4. The zero-order valence-electron chi connectivity index (χ0n) is 10.2. The van der Waals surface area contributed by atoms with Gasteiger partial charge in [-0.3, -0.25) is 14.2 Å². The van der Waals surface area contributed by atoms with Crippen LogP contribution in [0, 0.1) is 0 Å². The Morgan fingerprint density at radius 2 is 2.06 bits per heavy atom. The lowest BCUT2D eigenvalue weighted by Crippen LogP contribution is -2.13. The van der Waals surface area contributed by atoms with Crippen LogP contribution in [-0.2, 0) is 11.8 Å². The summed E-state index contributed by atoms with van der Waals surface area (Å²) < 4.78 is 6.32. The number of benzene rings is 1. The van der Waals surface area contributed by atoms with Crippen molar-refractivity contribution in [1.82, 2.24) is 4.57 Å². The molecule has 5 heteroatoms. The van der Waals surface area contributed by atoms with Crippen LogP contribution in [0.4, 0.5) is 0 Å². The number of fused-ring (bicyclic) bond motifs is 1. The predicted octanol–water partition coefficient (Wildman–Crippen LogP) is 1.68. The van der Waals surface area contributed by atoms with Crippen LogP contribution in [0.3, 0.4) is 0 Å². The Labute approximate surface area is 103 Å². The predicted molar refractivity (Wildman–Crippen MR) is 65.7 cm³/mol. The SMILES string of the molecule is CCCC(=O)C(=O)c1ccc2c(c1)oc(=O)n2C. The Morgan fingerprint density at radius 3 is 2.72 bits per heavy atom. The van der Waals surface area contributed by atoms with Crippen LogP contribution in [0.25, 0.3) is 11.1 Å². The molecule has 0 atom stereocenters. The quantitative estimate of drug-likeness (QED) is 0.609. The Morgan fingerprint density at radius 1 is 1.33 bits per heavy atom. The molecule has 1 heterocycles. The standard InChI is InChI=1S/C13H13NO4/c1-3-4-10(15)12(16)8-5-6-9-11(7-8)18-13(17)14(9)2/h5-7H,3-4H2,1-2H3. The fourth-order valence-corrected chi connectivity index (χ4v) is 1.78. The van der Waals surface area contributed by atoms with E-state index in [4.69, 9.17) is 4.42 Å². The molecule has 2 rings (SSSR count). The summed E-state index contributed by atoms with van der Waals surface area (Å²) in [6.07, 6.45) is 0.864. The number of aryl methyl sites for hydroxylation is 1. The zero-order chi connectivity index (χ0) is 13.3. The molecule has 0 N–H and O–H groups in total. The lowest BCUT2D eigenvalue weighted by Gasteiger charge is -1.99. The molecule has 0 amide bonds. The highest BCUT2D eigenvalue weighted by molar-refractivity contribution is 6.43. The molecule has 94 valence electrons. The third kappa shape index (κ3) is 1.99. The molecule has 0 radical (unpaired) electrons. The van der Waals surface area contributed by atoms with E-state index in [1.807, 2.05) is 6.92 Å². The minimum Gasteiger partial charge on any atom is -0.408 e. The van der Waals surface area contributed by atoms with Crippen LogP contribution >= 0.6 is 0 Å². The Kier molecular flexibility index (Phi) is 3.14. The second-order valence-electron chi connectivity index (χ2n) is 4.11. The fourth-order valence-electron chi connectivity index (χ4n) is 1.78. The average Bonchev–Trinajstić information content (AvgIpc) is 2.64. The summed E-state index contributed by atoms with van der Waals surface area (Å²) in [5.74, 6) is -1.45. The number of Topliss-reactive ketones (excluding diaryl/α,β-unsaturated/α-hetero) is 2. The summed E-state index contributed by atoms with van der Waals surface area (Å²) in [5.41, 5.74) is 1.17. The summed E-state index contributed by atoms with van der Waals surface area (Å²) >= 11 is 0. The van der Waals surface area contributed by atoms with Gasteiger partial charge in [0.25, 0.3) is 0 Å². The summed E-state index contributed by atoms with van der Waals surface area (Å²) in [7, 11) is 1.58. The van der Waals surface area contributed by atoms with E-state index < -0.39 is 17.3 Å². The van der Waals surface area contributed by atoms with Crippen LogP contribution in [0.15, 0.2) is 27.4 Å². The van der Waals surface area contributed by atoms with Gasteiger partial charge >= 0.3 is 5.76 Å². The monoisotopic (exact) mass is 247 g/mol. The Bertz CT molecular complexity index is 678. The van der Waals surface area contributed by atoms with Crippen molar-refractivity contribution in [2.75, 3.05) is 0 Å². The highest BCUT2D eigenvalue weighted by Gasteiger charge is 2.17. The summed E-state index contributed by atoms with van der Waals surface area (Å²) in [4.78, 5) is 34.6. The van der Waals surface area contributed by atoms with Gasteiger partial charge < -0.3 is 4.42 Å². The molecule has 1 aromatic heterocycles. The van der Waals surface area contributed by atoms with Crippen LogP contribution in [0.1, 0.15) is 30.1 Å². The molecule has 5 nitrogen and oxygen atoms in total. The van der Waals surface area contributed by atoms with Crippen molar-refractivity contribution in [2.24, 2.45) is 7.05 Å². The second kappa shape index (κ2) is 4.60. The highest BCUT2D eigenvalue weighted by atomic mass is 16.4. The smallest absolute Gasteiger partial charge is 0.408 e. The van der Waals surface area contributed by atoms with E-state index in [1.165, 1.54) is 16.7 Å². The molecule has 0 aliphatic carbocycles. The second-order valence-corrected chi connectivity index (χ2v) is 4.11. The third-order valence-corrected chi connectivity index (χ3v) is 2.78. The first kappa shape index (κ1) is 12.3. The topological polar surface area (TPSA) is 69.3 Å². The molecule has 2 aromatic rings. The molecular formula is C13H13NO4. The minimum atomic E-state index is -0.537. The van der Waals surface area contributed by atoms with Crippen LogP contribution < -0.4 is 5.76 Å². The summed E-state index contributed by atoms with van der Waals surface area (Å²) in [5, 5.41) is 0. The van der Waals surface area contributed by atoms with E-state index in [2.05, 4.69) is 0 Å². The lowest BCUT2D eigenvalue weighted by molar-refractivity contribution is -0.115. The molecule has 18 heavy (non-hydrogen) atoms. The van der Waals surface area contributed by atoms with Gasteiger partial charge in [-0.25, -0.2) is 4.79 Å². The molecule has 0 fully saturated rings. The molecule has 1 aromatic carbocycles. The molecule has 0 saturated heterocycles. The van der Waals surface area contributed by atoms with Crippen molar-refractivity contribution in [3.63, 3.8) is 0 Å². The van der Waals surface area contributed by atoms with Crippen LogP contribution in [0.2, 0.25) is 0 Å². The number of oxazole rings is 1. The van der Waals surface area contributed by atoms with Gasteiger partial charge in [-0.15, -0.1) is 0 Å². The first-order valence-electron chi connectivity index (χ1n) is 5.71. The van der Waals surface area contributed by atoms with Crippen molar-refractivity contribution in [3.8, 4) is 0 Å². The number of aromatic nitrogens is 1. The molecule has 0 bridgehead atoms. The van der Waals surface area contributed by atoms with Gasteiger partial charge in [-0.05, 0) is 24.6 Å². The largest absolute Gasteiger partial charge is 0.419 e. The number of carbonyl (C=O) groups excluding carboxylic acids is 2. The first-order chi connectivity index (χ1) is 8.54. The maximum absolute atomic E-state index is 11.8. The summed E-state index contributed by atoms with van der Waals surface area (Å²) in [6.45, 7) is 1.84. The maximum atomic E-state index is 11.8. The molecule has 0 unspecified atom stereocenters. The van der Waals surface area contributed by atoms with E-state index in [9.17, 15) is 14.4 Å². The average molecular weight is 247 g/mol. The van der Waals surface area contributed by atoms with Gasteiger partial charge in [0, 0.05) is 19.0 Å². The van der Waals surface area contributed by atoms with Crippen molar-refractivity contribution >= 4 is 22.7 Å². The summed E-state index contributed by atoms with van der Waals surface area (Å²) in [6, 6.07) is 4.58. The van der Waals surface area contributed by atoms with Crippen molar-refractivity contribution in [1.29, 1.82) is 0 Å². The Balaban J connectivity index is 2.45. The van der Waals surface area contributed by atoms with E-state index in [0.717, 1.165) is 0 Å². The van der Waals surface area contributed by atoms with Gasteiger partial charge in [0.1, 0.15) is 0 Å². The van der Waals surface area contributed by atoms with E-state index in [-0.39, 0.29) is 12.0 Å². The van der Waals surface area contributed by atoms with Gasteiger partial charge in [0.05, 0.1) is 5.52 Å². The van der Waals surface area contributed by atoms with Gasteiger partial charge in [-0.1, -0.05) is 6.92 Å². The van der Waals surface area contributed by atoms with Crippen molar-refractivity contribution < 1.29 is 14.0 Å². The van der Waals surface area contributed by atoms with Crippen molar-refractivity contribution in [3.05, 3.63) is 34.3 Å². The van der Waals surface area contributed by atoms with Gasteiger partial charge in [0.15, 0.2) is 5.58 Å². The third-order valence-electron chi connectivity index (χ3n) is 2.78. The Hall–Kier alpha value is -2.17. The van der Waals surface area contributed by atoms with E-state index in [0.29, 0.717) is 17.5 Å². The fraction of sp³-hybridized carbons (Fsp3) is 0.308. The number of ketones is 2. The van der Waals surface area contributed by atoms with E-state index >= 15 is 0 Å². The minimum absolute atomic E-state index is 0.232. The van der Waals surface area contributed by atoms with Gasteiger partial charge in [0.2, 0.25) is 11.6 Å². The lowest BCUT2D eigenvalue weighted by atomic mass is 10.0. The maximum Gasteiger partial charge on any atom is 0.419 e. The number of nitrogens with zero attached hydrogens (tertiary/aromatic N) is 1. The highest BCUT2D eigenvalue weighted by Crippen LogP contribution is 2.15. The first-order valence-corrected chi connectivity index (χ1v) is 5.71. The number of hydrogen-bond acceptors (Lipinski definition) is 4. The normalized spacial score (nSPS) is 10.8. The van der Waals surface area contributed by atoms with Crippen molar-refractivity contribution in [2.45, 2.75) is 19.8 Å². The molecule has 0 aliphatic heterocycles. The number of hydrogen-bond donors (Lipinski definition) is 0.